The zero-order chi connectivity index (χ0) is 9.91. The van der Waals surface area contributed by atoms with E-state index in [9.17, 15) is 4.79 Å². The van der Waals surface area contributed by atoms with Crippen molar-refractivity contribution in [1.82, 2.24) is 0 Å². The lowest BCUT2D eigenvalue weighted by Crippen LogP contribution is -2.42. The fourth-order valence-electron chi connectivity index (χ4n) is 1.77. The highest BCUT2D eigenvalue weighted by atomic mass is 35.5. The first-order valence-corrected chi connectivity index (χ1v) is 4.88. The summed E-state index contributed by atoms with van der Waals surface area (Å²) in [6.45, 7) is 0. The molecule has 2 fully saturated rings. The number of hydrogen-bond donors (Lipinski definition) is 0. The molecule has 0 amide bonds. The first-order chi connectivity index (χ1) is 5.90. The van der Waals surface area contributed by atoms with Crippen molar-refractivity contribution in [2.45, 2.75) is 27.8 Å². The minimum atomic E-state index is -1.36. The van der Waals surface area contributed by atoms with Gasteiger partial charge in [0.1, 0.15) is 0 Å². The van der Waals surface area contributed by atoms with Crippen LogP contribution >= 0.6 is 34.8 Å². The van der Waals surface area contributed by atoms with Crippen LogP contribution in [0.25, 0.3) is 0 Å². The van der Waals surface area contributed by atoms with Gasteiger partial charge in [-0.15, -0.1) is 0 Å². The van der Waals surface area contributed by atoms with E-state index < -0.39 is 21.0 Å². The van der Waals surface area contributed by atoms with Crippen LogP contribution in [0.1, 0.15) is 12.8 Å². The number of rotatable bonds is 1. The smallest absolute Gasteiger partial charge is 0.345 e. The predicted octanol–water partition coefficient (Wildman–Crippen LogP) is 1.83. The quantitative estimate of drug-likeness (QED) is 0.402. The van der Waals surface area contributed by atoms with Crippen molar-refractivity contribution in [3.63, 3.8) is 0 Å². The molecule has 1 saturated carbocycles. The zero-order valence-corrected chi connectivity index (χ0v) is 9.04. The summed E-state index contributed by atoms with van der Waals surface area (Å²) in [5.74, 6) is -0.606. The van der Waals surface area contributed by atoms with E-state index >= 15 is 0 Å². The third-order valence-corrected chi connectivity index (χ3v) is 3.99. The fourth-order valence-corrected chi connectivity index (χ4v) is 3.04. The van der Waals surface area contributed by atoms with E-state index in [2.05, 4.69) is 4.74 Å². The van der Waals surface area contributed by atoms with E-state index in [1.54, 1.807) is 0 Å². The van der Waals surface area contributed by atoms with Crippen molar-refractivity contribution in [3.05, 3.63) is 0 Å². The van der Waals surface area contributed by atoms with Crippen LogP contribution in [0, 0.1) is 0 Å². The molecule has 0 spiro atoms. The fraction of sp³-hybridized carbons (Fsp3) is 0.857. The Morgan fingerprint density at radius 3 is 2.31 bits per heavy atom. The summed E-state index contributed by atoms with van der Waals surface area (Å²) < 4.78 is 8.41. The van der Waals surface area contributed by atoms with Crippen LogP contribution in [0.3, 0.4) is 0 Å². The second kappa shape index (κ2) is 2.45. The van der Waals surface area contributed by atoms with Crippen LogP contribution < -0.4 is 0 Å². The molecule has 1 aliphatic heterocycles. The Hall–Kier alpha value is 0.300. The highest BCUT2D eigenvalue weighted by molar-refractivity contribution is 6.53. The first kappa shape index (κ1) is 9.84. The van der Waals surface area contributed by atoms with Crippen molar-refractivity contribution in [2.24, 2.45) is 0 Å². The number of esters is 1. The largest absolute Gasteiger partial charge is 0.467 e. The van der Waals surface area contributed by atoms with E-state index in [4.69, 9.17) is 39.5 Å². The molecular weight excluding hydrogens is 238 g/mol. The molecule has 0 radical (unpaired) electrons. The monoisotopic (exact) mass is 244 g/mol. The summed E-state index contributed by atoms with van der Waals surface area (Å²) in [6, 6.07) is 0. The number of hydrogen-bond acceptors (Lipinski definition) is 3. The Morgan fingerprint density at radius 1 is 1.38 bits per heavy atom. The number of fused-ring (bicyclic) bond motifs is 1. The van der Waals surface area contributed by atoms with Crippen LogP contribution in [0.5, 0.6) is 0 Å². The summed E-state index contributed by atoms with van der Waals surface area (Å²) in [7, 11) is 1.25. The minimum Gasteiger partial charge on any atom is -0.467 e. The Balaban J connectivity index is 2.37. The number of alkyl halides is 3. The minimum absolute atomic E-state index is 0.425. The van der Waals surface area contributed by atoms with Crippen molar-refractivity contribution >= 4 is 40.8 Å². The Bertz CT molecular complexity index is 280. The van der Waals surface area contributed by atoms with Gasteiger partial charge in [-0.3, -0.25) is 0 Å². The topological polar surface area (TPSA) is 38.8 Å². The van der Waals surface area contributed by atoms with Gasteiger partial charge in [0.05, 0.1) is 7.11 Å². The van der Waals surface area contributed by atoms with Crippen molar-refractivity contribution in [2.75, 3.05) is 7.11 Å². The van der Waals surface area contributed by atoms with Gasteiger partial charge in [-0.05, 0) is 12.8 Å². The van der Waals surface area contributed by atoms with Gasteiger partial charge in [0.25, 0.3) is 0 Å². The van der Waals surface area contributed by atoms with Gasteiger partial charge in [0.2, 0.25) is 5.60 Å². The molecule has 2 unspecified atom stereocenters. The highest BCUT2D eigenvalue weighted by Gasteiger charge is 2.87. The van der Waals surface area contributed by atoms with Gasteiger partial charge in [-0.1, -0.05) is 34.8 Å². The van der Waals surface area contributed by atoms with Crippen LogP contribution in [-0.4, -0.2) is 28.1 Å². The van der Waals surface area contributed by atoms with Crippen molar-refractivity contribution in [1.29, 1.82) is 0 Å². The molecule has 2 aliphatic rings. The molecule has 2 rings (SSSR count). The molecule has 0 bridgehead atoms. The normalized spacial score (nSPS) is 45.5. The predicted molar refractivity (Wildman–Crippen MR) is 48.1 cm³/mol. The first-order valence-electron chi connectivity index (χ1n) is 3.75. The van der Waals surface area contributed by atoms with E-state index in [0.29, 0.717) is 12.8 Å². The van der Waals surface area contributed by atoms with Gasteiger partial charge in [0, 0.05) is 0 Å². The molecule has 0 N–H and O–H groups in total. The second-order valence-electron chi connectivity index (χ2n) is 3.21. The van der Waals surface area contributed by atoms with Gasteiger partial charge in [-0.2, -0.15) is 0 Å². The molecule has 0 aromatic rings. The summed E-state index contributed by atoms with van der Waals surface area (Å²) in [5.41, 5.74) is -1.36. The third-order valence-electron chi connectivity index (χ3n) is 2.55. The van der Waals surface area contributed by atoms with Crippen molar-refractivity contribution < 1.29 is 14.3 Å². The molecular formula is C7H7Cl3O3. The summed E-state index contributed by atoms with van der Waals surface area (Å²) in [6.07, 6.45) is 0.880. The molecule has 0 aromatic heterocycles. The Labute approximate surface area is 90.2 Å². The lowest BCUT2D eigenvalue weighted by atomic mass is 10.1. The van der Waals surface area contributed by atoms with E-state index in [1.807, 2.05) is 0 Å². The van der Waals surface area contributed by atoms with Crippen LogP contribution in [0.4, 0.5) is 0 Å². The second-order valence-corrected chi connectivity index (χ2v) is 5.30. The van der Waals surface area contributed by atoms with Crippen LogP contribution in [0.2, 0.25) is 0 Å². The lowest BCUT2D eigenvalue weighted by molar-refractivity contribution is -0.147. The Morgan fingerprint density at radius 2 is 2.00 bits per heavy atom. The molecule has 74 valence electrons. The number of halogens is 3. The molecule has 3 nitrogen and oxygen atoms in total. The lowest BCUT2D eigenvalue weighted by Gasteiger charge is -2.19. The average Bonchev–Trinajstić information content (AvgIpc) is 2.65. The molecule has 0 aromatic carbocycles. The molecule has 6 heteroatoms. The molecule has 1 saturated heterocycles. The number of carbonyl (C=O) groups excluding carboxylic acids is 1. The van der Waals surface area contributed by atoms with Crippen LogP contribution in [0.15, 0.2) is 0 Å². The summed E-state index contributed by atoms with van der Waals surface area (Å²) in [4.78, 5) is 11.4. The summed E-state index contributed by atoms with van der Waals surface area (Å²) >= 11 is 17.8. The van der Waals surface area contributed by atoms with Gasteiger partial charge in [-0.25, -0.2) is 4.79 Å². The SMILES string of the molecule is COC(=O)C12OC1(Cl)CCC2(Cl)Cl. The average molecular weight is 245 g/mol. The standard InChI is InChI=1S/C7H7Cl3O3/c1-12-4(11)7-5(8,9)2-3-6(7,10)13-7/h2-3H2,1H3. The number of ether oxygens (including phenoxy) is 2. The maximum atomic E-state index is 11.4. The number of methoxy groups -OCH3 is 1. The van der Waals surface area contributed by atoms with Gasteiger partial charge in [0.15, 0.2) is 9.39 Å². The van der Waals surface area contributed by atoms with Gasteiger partial charge >= 0.3 is 5.97 Å². The van der Waals surface area contributed by atoms with E-state index in [-0.39, 0.29) is 0 Å². The van der Waals surface area contributed by atoms with E-state index in [1.165, 1.54) is 7.11 Å². The van der Waals surface area contributed by atoms with Crippen molar-refractivity contribution in [3.8, 4) is 0 Å². The van der Waals surface area contributed by atoms with Gasteiger partial charge < -0.3 is 9.47 Å². The maximum Gasteiger partial charge on any atom is 0.345 e. The Kier molecular flexibility index (Phi) is 1.86. The molecule has 2 atom stereocenters. The number of epoxide rings is 1. The van der Waals surface area contributed by atoms with Crippen LogP contribution in [-0.2, 0) is 14.3 Å². The molecule has 13 heavy (non-hydrogen) atoms. The molecule has 1 heterocycles. The van der Waals surface area contributed by atoms with E-state index in [0.717, 1.165) is 0 Å². The maximum absolute atomic E-state index is 11.4. The third kappa shape index (κ3) is 0.938. The molecule has 1 aliphatic carbocycles. The summed E-state index contributed by atoms with van der Waals surface area (Å²) in [5, 5.41) is -1.05. The zero-order valence-electron chi connectivity index (χ0n) is 6.77. The highest BCUT2D eigenvalue weighted by Crippen LogP contribution is 2.70. The number of carbonyl (C=O) groups is 1.